The summed E-state index contributed by atoms with van der Waals surface area (Å²) in [7, 11) is 0. The predicted molar refractivity (Wildman–Crippen MR) is 56.3 cm³/mol. The standard InChI is InChI=1S/C11H21N/c1-5-7-8-11(6-2)9-12-10(3)4/h5-7,10-12H,2,8-9H2,1,3-4H3/b7-5-. The van der Waals surface area contributed by atoms with Gasteiger partial charge >= 0.3 is 0 Å². The molecule has 1 N–H and O–H groups in total. The molecule has 1 heteroatoms. The van der Waals surface area contributed by atoms with Gasteiger partial charge in [0.15, 0.2) is 0 Å². The molecule has 0 fully saturated rings. The molecule has 0 aliphatic rings. The van der Waals surface area contributed by atoms with Gasteiger partial charge < -0.3 is 5.32 Å². The number of allylic oxidation sites excluding steroid dienone is 2. The summed E-state index contributed by atoms with van der Waals surface area (Å²) in [5.41, 5.74) is 0. The van der Waals surface area contributed by atoms with Crippen molar-refractivity contribution >= 4 is 0 Å². The molecule has 0 rings (SSSR count). The van der Waals surface area contributed by atoms with Crippen molar-refractivity contribution in [2.75, 3.05) is 6.54 Å². The monoisotopic (exact) mass is 167 g/mol. The Morgan fingerprint density at radius 1 is 1.42 bits per heavy atom. The van der Waals surface area contributed by atoms with E-state index < -0.39 is 0 Å². The minimum Gasteiger partial charge on any atom is -0.314 e. The SMILES string of the molecule is C=CC(C/C=C\C)CNC(C)C. The highest BCUT2D eigenvalue weighted by atomic mass is 14.9. The summed E-state index contributed by atoms with van der Waals surface area (Å²) in [4.78, 5) is 0. The van der Waals surface area contributed by atoms with Crippen LogP contribution in [0.25, 0.3) is 0 Å². The molecule has 0 bridgehead atoms. The van der Waals surface area contributed by atoms with Crippen molar-refractivity contribution in [1.29, 1.82) is 0 Å². The van der Waals surface area contributed by atoms with E-state index in [9.17, 15) is 0 Å². The molecule has 0 aromatic rings. The van der Waals surface area contributed by atoms with Crippen LogP contribution in [0.2, 0.25) is 0 Å². The van der Waals surface area contributed by atoms with Crippen molar-refractivity contribution < 1.29 is 0 Å². The maximum absolute atomic E-state index is 3.82. The predicted octanol–water partition coefficient (Wildman–Crippen LogP) is 2.75. The highest BCUT2D eigenvalue weighted by Crippen LogP contribution is 2.03. The Balaban J connectivity index is 3.60. The fraction of sp³-hybridized carbons (Fsp3) is 0.636. The molecular formula is C11H21N. The molecule has 1 unspecified atom stereocenters. The van der Waals surface area contributed by atoms with Crippen molar-refractivity contribution in [2.24, 2.45) is 5.92 Å². The topological polar surface area (TPSA) is 12.0 Å². The van der Waals surface area contributed by atoms with Gasteiger partial charge in [-0.3, -0.25) is 0 Å². The molecular weight excluding hydrogens is 146 g/mol. The second-order valence-electron chi connectivity index (χ2n) is 3.36. The summed E-state index contributed by atoms with van der Waals surface area (Å²) in [5, 5.41) is 3.40. The summed E-state index contributed by atoms with van der Waals surface area (Å²) in [6, 6.07) is 0.568. The van der Waals surface area contributed by atoms with Crippen LogP contribution in [0, 0.1) is 5.92 Å². The fourth-order valence-electron chi connectivity index (χ4n) is 0.961. The quantitative estimate of drug-likeness (QED) is 0.600. The van der Waals surface area contributed by atoms with Gasteiger partial charge in [0.2, 0.25) is 0 Å². The lowest BCUT2D eigenvalue weighted by molar-refractivity contribution is 0.513. The van der Waals surface area contributed by atoms with Gasteiger partial charge in [0, 0.05) is 12.6 Å². The van der Waals surface area contributed by atoms with Crippen molar-refractivity contribution in [1.82, 2.24) is 5.32 Å². The largest absolute Gasteiger partial charge is 0.314 e. The normalized spacial score (nSPS) is 14.0. The van der Waals surface area contributed by atoms with Crippen LogP contribution in [-0.2, 0) is 0 Å². The molecule has 0 aliphatic heterocycles. The lowest BCUT2D eigenvalue weighted by Crippen LogP contribution is -2.27. The van der Waals surface area contributed by atoms with Crippen LogP contribution >= 0.6 is 0 Å². The Bertz CT molecular complexity index is 136. The lowest BCUT2D eigenvalue weighted by Gasteiger charge is -2.13. The average molecular weight is 167 g/mol. The molecule has 0 aromatic heterocycles. The molecule has 0 saturated heterocycles. The van der Waals surface area contributed by atoms with E-state index >= 15 is 0 Å². The molecule has 0 amide bonds. The lowest BCUT2D eigenvalue weighted by atomic mass is 10.1. The first-order valence-electron chi connectivity index (χ1n) is 4.67. The number of hydrogen-bond acceptors (Lipinski definition) is 1. The zero-order valence-corrected chi connectivity index (χ0v) is 8.51. The van der Waals surface area contributed by atoms with Crippen molar-refractivity contribution in [3.63, 3.8) is 0 Å². The summed E-state index contributed by atoms with van der Waals surface area (Å²) >= 11 is 0. The van der Waals surface area contributed by atoms with Crippen LogP contribution in [0.3, 0.4) is 0 Å². The van der Waals surface area contributed by atoms with Crippen LogP contribution in [0.15, 0.2) is 24.8 Å². The first kappa shape index (κ1) is 11.4. The Labute approximate surface area is 76.6 Å². The van der Waals surface area contributed by atoms with Gasteiger partial charge in [-0.15, -0.1) is 6.58 Å². The Morgan fingerprint density at radius 2 is 2.08 bits per heavy atom. The maximum Gasteiger partial charge on any atom is 0.00194 e. The molecule has 1 atom stereocenters. The third-order valence-electron chi connectivity index (χ3n) is 1.80. The number of nitrogens with one attached hydrogen (secondary N) is 1. The second-order valence-corrected chi connectivity index (χ2v) is 3.36. The fourth-order valence-corrected chi connectivity index (χ4v) is 0.961. The molecule has 0 spiro atoms. The number of rotatable bonds is 6. The van der Waals surface area contributed by atoms with Crippen LogP contribution < -0.4 is 5.32 Å². The minimum atomic E-state index is 0.568. The van der Waals surface area contributed by atoms with Gasteiger partial charge in [0.05, 0.1) is 0 Å². The Morgan fingerprint density at radius 3 is 2.50 bits per heavy atom. The Hall–Kier alpha value is -0.560. The molecule has 0 aliphatic carbocycles. The first-order chi connectivity index (χ1) is 5.70. The molecule has 70 valence electrons. The molecule has 12 heavy (non-hydrogen) atoms. The van der Waals surface area contributed by atoms with Gasteiger partial charge in [-0.2, -0.15) is 0 Å². The second kappa shape index (κ2) is 7.11. The van der Waals surface area contributed by atoms with Crippen LogP contribution in [0.4, 0.5) is 0 Å². The molecule has 0 aromatic carbocycles. The smallest absolute Gasteiger partial charge is 0.00194 e. The molecule has 0 saturated carbocycles. The van der Waals surface area contributed by atoms with Gasteiger partial charge in [-0.25, -0.2) is 0 Å². The summed E-state index contributed by atoms with van der Waals surface area (Å²) < 4.78 is 0. The molecule has 1 nitrogen and oxygen atoms in total. The van der Waals surface area contributed by atoms with E-state index in [1.54, 1.807) is 0 Å². The Kier molecular flexibility index (Phi) is 6.78. The van der Waals surface area contributed by atoms with E-state index in [2.05, 4.69) is 44.8 Å². The van der Waals surface area contributed by atoms with Crippen LogP contribution in [-0.4, -0.2) is 12.6 Å². The summed E-state index contributed by atoms with van der Waals surface area (Å²) in [5.74, 6) is 0.573. The minimum absolute atomic E-state index is 0.568. The van der Waals surface area contributed by atoms with Crippen molar-refractivity contribution in [2.45, 2.75) is 33.2 Å². The van der Waals surface area contributed by atoms with Gasteiger partial charge in [0.25, 0.3) is 0 Å². The molecule has 0 radical (unpaired) electrons. The van der Waals surface area contributed by atoms with Crippen LogP contribution in [0.5, 0.6) is 0 Å². The highest BCUT2D eigenvalue weighted by Gasteiger charge is 2.01. The third kappa shape index (κ3) is 6.17. The van der Waals surface area contributed by atoms with E-state index in [1.165, 1.54) is 0 Å². The van der Waals surface area contributed by atoms with E-state index in [4.69, 9.17) is 0 Å². The summed E-state index contributed by atoms with van der Waals surface area (Å²) in [6.07, 6.45) is 7.40. The van der Waals surface area contributed by atoms with E-state index in [1.807, 2.05) is 6.08 Å². The summed E-state index contributed by atoms with van der Waals surface area (Å²) in [6.45, 7) is 11.2. The third-order valence-corrected chi connectivity index (χ3v) is 1.80. The number of hydrogen-bond donors (Lipinski definition) is 1. The van der Waals surface area contributed by atoms with E-state index in [0.717, 1.165) is 13.0 Å². The van der Waals surface area contributed by atoms with Crippen molar-refractivity contribution in [3.05, 3.63) is 24.8 Å². The average Bonchev–Trinajstić information content (AvgIpc) is 2.05. The zero-order chi connectivity index (χ0) is 9.40. The van der Waals surface area contributed by atoms with Crippen molar-refractivity contribution in [3.8, 4) is 0 Å². The van der Waals surface area contributed by atoms with Gasteiger partial charge in [0.1, 0.15) is 0 Å². The maximum atomic E-state index is 3.82. The van der Waals surface area contributed by atoms with Gasteiger partial charge in [-0.1, -0.05) is 32.1 Å². The first-order valence-corrected chi connectivity index (χ1v) is 4.67. The zero-order valence-electron chi connectivity index (χ0n) is 8.51. The van der Waals surface area contributed by atoms with E-state index in [-0.39, 0.29) is 0 Å². The highest BCUT2D eigenvalue weighted by molar-refractivity contribution is 4.89. The van der Waals surface area contributed by atoms with E-state index in [0.29, 0.717) is 12.0 Å². The van der Waals surface area contributed by atoms with Crippen LogP contribution in [0.1, 0.15) is 27.2 Å². The molecule has 0 heterocycles. The van der Waals surface area contributed by atoms with Gasteiger partial charge in [-0.05, 0) is 19.3 Å².